The van der Waals surface area contributed by atoms with Crippen molar-refractivity contribution in [3.05, 3.63) is 41.5 Å². The topological polar surface area (TPSA) is 101 Å². The lowest BCUT2D eigenvalue weighted by atomic mass is 10.0. The Morgan fingerprint density at radius 1 is 1.12 bits per heavy atom. The Labute approximate surface area is 182 Å². The minimum Gasteiger partial charge on any atom is -0.495 e. The Kier molecular flexibility index (Phi) is 5.92. The molecule has 1 fully saturated rings. The Balaban J connectivity index is 1.71. The van der Waals surface area contributed by atoms with Gasteiger partial charge < -0.3 is 26.0 Å². The second kappa shape index (κ2) is 8.65. The van der Waals surface area contributed by atoms with Gasteiger partial charge in [-0.05, 0) is 42.0 Å². The Hall–Kier alpha value is -3.34. The quantitative estimate of drug-likeness (QED) is 0.513. The minimum atomic E-state index is -4.48. The number of halogens is 3. The molecule has 2 aromatic carbocycles. The fourth-order valence-corrected chi connectivity index (χ4v) is 3.80. The standard InChI is InChI=1S/C21H24F3N7O/c1-12(13-7-14(21(22,23)24)9-15(25)8-13)27-20-16-10-18(31-5-3-26-4-6-31)19(32-2)11-17(16)28-30-29-20/h7-12,26H,3-6,25H2,1-2H3,(H,27,28,29)/t12-/m1/s1. The number of anilines is 3. The molecule has 0 unspecified atom stereocenters. The number of benzene rings is 2. The van der Waals surface area contributed by atoms with Crippen molar-refractivity contribution >= 4 is 28.1 Å². The molecular formula is C21H24F3N7O. The van der Waals surface area contributed by atoms with Gasteiger partial charge in [-0.1, -0.05) is 0 Å². The number of alkyl halides is 3. The van der Waals surface area contributed by atoms with E-state index in [1.165, 1.54) is 6.07 Å². The van der Waals surface area contributed by atoms with Crippen LogP contribution in [0, 0.1) is 0 Å². The van der Waals surface area contributed by atoms with Crippen molar-refractivity contribution in [1.29, 1.82) is 0 Å². The molecule has 32 heavy (non-hydrogen) atoms. The first-order valence-electron chi connectivity index (χ1n) is 10.2. The van der Waals surface area contributed by atoms with Crippen LogP contribution in [0.5, 0.6) is 5.75 Å². The number of piperazine rings is 1. The zero-order valence-electron chi connectivity index (χ0n) is 17.7. The average Bonchev–Trinajstić information content (AvgIpc) is 2.78. The number of nitrogens with two attached hydrogens (primary N) is 1. The smallest absolute Gasteiger partial charge is 0.416 e. The van der Waals surface area contributed by atoms with E-state index in [1.807, 2.05) is 6.07 Å². The monoisotopic (exact) mass is 447 g/mol. The molecular weight excluding hydrogens is 423 g/mol. The molecule has 170 valence electrons. The van der Waals surface area contributed by atoms with E-state index in [0.29, 0.717) is 28.0 Å². The van der Waals surface area contributed by atoms with E-state index in [-0.39, 0.29) is 5.69 Å². The fraction of sp³-hybridized carbons (Fsp3) is 0.381. The summed E-state index contributed by atoms with van der Waals surface area (Å²) < 4.78 is 45.2. The highest BCUT2D eigenvalue weighted by molar-refractivity contribution is 5.93. The first-order chi connectivity index (χ1) is 15.3. The van der Waals surface area contributed by atoms with Gasteiger partial charge in [0.1, 0.15) is 11.3 Å². The van der Waals surface area contributed by atoms with Crippen LogP contribution in [0.2, 0.25) is 0 Å². The zero-order valence-corrected chi connectivity index (χ0v) is 17.7. The maximum Gasteiger partial charge on any atom is 0.416 e. The summed E-state index contributed by atoms with van der Waals surface area (Å²) >= 11 is 0. The van der Waals surface area contributed by atoms with Crippen LogP contribution in [0.4, 0.5) is 30.4 Å². The van der Waals surface area contributed by atoms with Gasteiger partial charge in [0.25, 0.3) is 0 Å². The van der Waals surface area contributed by atoms with Crippen LogP contribution >= 0.6 is 0 Å². The van der Waals surface area contributed by atoms with E-state index < -0.39 is 17.8 Å². The summed E-state index contributed by atoms with van der Waals surface area (Å²) in [6, 6.07) is 6.73. The number of hydrogen-bond donors (Lipinski definition) is 3. The van der Waals surface area contributed by atoms with E-state index >= 15 is 0 Å². The van der Waals surface area contributed by atoms with Crippen molar-refractivity contribution in [2.24, 2.45) is 0 Å². The van der Waals surface area contributed by atoms with E-state index in [4.69, 9.17) is 10.5 Å². The molecule has 3 aromatic rings. The molecule has 0 radical (unpaired) electrons. The number of nitrogens with zero attached hydrogens (tertiary/aromatic N) is 4. The number of hydrogen-bond acceptors (Lipinski definition) is 8. The van der Waals surface area contributed by atoms with Crippen LogP contribution in [0.25, 0.3) is 10.9 Å². The number of methoxy groups -OCH3 is 1. The number of rotatable bonds is 5. The minimum absolute atomic E-state index is 0.0416. The fourth-order valence-electron chi connectivity index (χ4n) is 3.80. The third kappa shape index (κ3) is 4.47. The summed E-state index contributed by atoms with van der Waals surface area (Å²) in [5, 5.41) is 19.2. The summed E-state index contributed by atoms with van der Waals surface area (Å²) in [6.07, 6.45) is -4.48. The lowest BCUT2D eigenvalue weighted by Gasteiger charge is -2.30. The largest absolute Gasteiger partial charge is 0.495 e. The van der Waals surface area contributed by atoms with Gasteiger partial charge >= 0.3 is 6.18 Å². The molecule has 1 aromatic heterocycles. The van der Waals surface area contributed by atoms with Gasteiger partial charge in [0.15, 0.2) is 5.82 Å². The van der Waals surface area contributed by atoms with Crippen LogP contribution in [0.15, 0.2) is 30.3 Å². The molecule has 1 atom stereocenters. The van der Waals surface area contributed by atoms with Crippen LogP contribution < -0.4 is 26.0 Å². The van der Waals surface area contributed by atoms with Gasteiger partial charge in [-0.15, -0.1) is 10.2 Å². The van der Waals surface area contributed by atoms with Gasteiger partial charge in [0.05, 0.1) is 24.4 Å². The highest BCUT2D eigenvalue weighted by Gasteiger charge is 2.31. The first kappa shape index (κ1) is 21.9. The zero-order chi connectivity index (χ0) is 22.9. The molecule has 1 aliphatic heterocycles. The lowest BCUT2D eigenvalue weighted by molar-refractivity contribution is -0.137. The molecule has 0 spiro atoms. The Morgan fingerprint density at radius 3 is 2.56 bits per heavy atom. The molecule has 0 bridgehead atoms. The summed E-state index contributed by atoms with van der Waals surface area (Å²) in [5.41, 5.74) is 6.82. The van der Waals surface area contributed by atoms with Crippen molar-refractivity contribution in [2.45, 2.75) is 19.1 Å². The summed E-state index contributed by atoms with van der Waals surface area (Å²) in [6.45, 7) is 5.08. The van der Waals surface area contributed by atoms with Crippen molar-refractivity contribution in [1.82, 2.24) is 20.7 Å². The van der Waals surface area contributed by atoms with E-state index in [0.717, 1.165) is 44.0 Å². The molecule has 11 heteroatoms. The number of ether oxygens (including phenoxy) is 1. The second-order valence-corrected chi connectivity index (χ2v) is 7.67. The number of aromatic nitrogens is 3. The number of fused-ring (bicyclic) bond motifs is 1. The molecule has 8 nitrogen and oxygen atoms in total. The van der Waals surface area contributed by atoms with Gasteiger partial charge in [-0.25, -0.2) is 0 Å². The van der Waals surface area contributed by atoms with E-state index in [2.05, 4.69) is 30.9 Å². The maximum atomic E-state index is 13.2. The predicted molar refractivity (Wildman–Crippen MR) is 117 cm³/mol. The molecule has 4 N–H and O–H groups in total. The van der Waals surface area contributed by atoms with Crippen molar-refractivity contribution in [3.8, 4) is 5.75 Å². The molecule has 0 amide bonds. The van der Waals surface area contributed by atoms with Crippen molar-refractivity contribution in [2.75, 3.05) is 49.2 Å². The van der Waals surface area contributed by atoms with E-state index in [9.17, 15) is 13.2 Å². The predicted octanol–water partition coefficient (Wildman–Crippen LogP) is 3.22. The summed E-state index contributed by atoms with van der Waals surface area (Å²) in [4.78, 5) is 2.20. The third-order valence-corrected chi connectivity index (χ3v) is 5.47. The van der Waals surface area contributed by atoms with Crippen LogP contribution in [0.1, 0.15) is 24.1 Å². The highest BCUT2D eigenvalue weighted by atomic mass is 19.4. The third-order valence-electron chi connectivity index (χ3n) is 5.47. The highest BCUT2D eigenvalue weighted by Crippen LogP contribution is 2.36. The van der Waals surface area contributed by atoms with Gasteiger partial charge in [0, 0.05) is 43.3 Å². The number of nitrogen functional groups attached to an aromatic ring is 1. The molecule has 0 saturated carbocycles. The molecule has 4 rings (SSSR count). The summed E-state index contributed by atoms with van der Waals surface area (Å²) in [5.74, 6) is 1.09. The van der Waals surface area contributed by atoms with Crippen molar-refractivity contribution < 1.29 is 17.9 Å². The molecule has 0 aliphatic carbocycles. The Morgan fingerprint density at radius 2 is 1.88 bits per heavy atom. The number of nitrogens with one attached hydrogen (secondary N) is 2. The Bertz CT molecular complexity index is 1120. The van der Waals surface area contributed by atoms with Gasteiger partial charge in [-0.2, -0.15) is 13.2 Å². The molecule has 1 saturated heterocycles. The average molecular weight is 447 g/mol. The summed E-state index contributed by atoms with van der Waals surface area (Å²) in [7, 11) is 1.60. The molecule has 2 heterocycles. The van der Waals surface area contributed by atoms with Crippen LogP contribution in [-0.4, -0.2) is 48.7 Å². The van der Waals surface area contributed by atoms with Crippen LogP contribution in [-0.2, 0) is 6.18 Å². The lowest BCUT2D eigenvalue weighted by Crippen LogP contribution is -2.43. The first-order valence-corrected chi connectivity index (χ1v) is 10.2. The van der Waals surface area contributed by atoms with Gasteiger partial charge in [0.2, 0.25) is 0 Å². The maximum absolute atomic E-state index is 13.2. The normalized spacial score (nSPS) is 15.6. The second-order valence-electron chi connectivity index (χ2n) is 7.67. The van der Waals surface area contributed by atoms with E-state index in [1.54, 1.807) is 20.1 Å². The van der Waals surface area contributed by atoms with Crippen LogP contribution in [0.3, 0.4) is 0 Å². The SMILES string of the molecule is COc1cc2nnnc(N[C@H](C)c3cc(N)cc(C(F)(F)F)c3)c2cc1N1CCNCC1. The van der Waals surface area contributed by atoms with Gasteiger partial charge in [-0.3, -0.25) is 0 Å². The van der Waals surface area contributed by atoms with Crippen molar-refractivity contribution in [3.63, 3.8) is 0 Å². The molecule has 1 aliphatic rings.